The maximum Gasteiger partial charge on any atom is 0.129 e. The fraction of sp³-hybridized carbons (Fsp3) is 0.400. The van der Waals surface area contributed by atoms with Crippen LogP contribution in [0, 0.1) is 18.6 Å². The molecule has 0 bridgehead atoms. The van der Waals surface area contributed by atoms with E-state index in [9.17, 15) is 8.78 Å². The third-order valence-corrected chi connectivity index (χ3v) is 2.18. The molecule has 3 heteroatoms. The van der Waals surface area contributed by atoms with Crippen LogP contribution in [0.5, 0.6) is 0 Å². The van der Waals surface area contributed by atoms with Gasteiger partial charge >= 0.3 is 0 Å². The zero-order valence-electron chi connectivity index (χ0n) is 7.31. The van der Waals surface area contributed by atoms with Gasteiger partial charge in [-0.05, 0) is 18.1 Å². The maximum absolute atomic E-state index is 13.1. The number of epoxide rings is 1. The molecule has 1 unspecified atom stereocenters. The van der Waals surface area contributed by atoms with Gasteiger partial charge in [0.05, 0.1) is 12.7 Å². The lowest BCUT2D eigenvalue weighted by molar-refractivity contribution is 0.404. The summed E-state index contributed by atoms with van der Waals surface area (Å²) in [6.07, 6.45) is 0.687. The number of hydrogen-bond acceptors (Lipinski definition) is 1. The molecule has 1 saturated heterocycles. The van der Waals surface area contributed by atoms with Crippen LogP contribution in [0.2, 0.25) is 0 Å². The lowest BCUT2D eigenvalue weighted by Gasteiger charge is -2.03. The molecular formula is C10H10F2O. The van der Waals surface area contributed by atoms with Crippen molar-refractivity contribution in [1.29, 1.82) is 0 Å². The van der Waals surface area contributed by atoms with Gasteiger partial charge in [0.15, 0.2) is 0 Å². The van der Waals surface area contributed by atoms with Crippen LogP contribution in [0.15, 0.2) is 12.1 Å². The molecule has 1 fully saturated rings. The molecule has 1 heterocycles. The zero-order chi connectivity index (χ0) is 9.42. The van der Waals surface area contributed by atoms with Crippen molar-refractivity contribution in [2.24, 2.45) is 0 Å². The van der Waals surface area contributed by atoms with E-state index in [1.165, 1.54) is 0 Å². The van der Waals surface area contributed by atoms with Crippen molar-refractivity contribution < 1.29 is 13.5 Å². The van der Waals surface area contributed by atoms with Gasteiger partial charge in [-0.1, -0.05) is 6.07 Å². The molecule has 0 aliphatic carbocycles. The minimum Gasteiger partial charge on any atom is -0.373 e. The highest BCUT2D eigenvalue weighted by Gasteiger charge is 2.24. The fourth-order valence-corrected chi connectivity index (χ4v) is 1.30. The normalized spacial score (nSPS) is 20.4. The van der Waals surface area contributed by atoms with Crippen molar-refractivity contribution in [2.75, 3.05) is 6.61 Å². The summed E-state index contributed by atoms with van der Waals surface area (Å²) in [6.45, 7) is 2.32. The highest BCUT2D eigenvalue weighted by molar-refractivity contribution is 5.26. The van der Waals surface area contributed by atoms with Gasteiger partial charge in [-0.25, -0.2) is 8.78 Å². The summed E-state index contributed by atoms with van der Waals surface area (Å²) in [7, 11) is 0. The van der Waals surface area contributed by atoms with Gasteiger partial charge in [0.25, 0.3) is 0 Å². The van der Waals surface area contributed by atoms with Gasteiger partial charge in [0.2, 0.25) is 0 Å². The Hall–Kier alpha value is -0.960. The molecule has 0 spiro atoms. The van der Waals surface area contributed by atoms with Crippen molar-refractivity contribution >= 4 is 0 Å². The molecule has 1 atom stereocenters. The van der Waals surface area contributed by atoms with Gasteiger partial charge in [0.1, 0.15) is 11.6 Å². The average molecular weight is 184 g/mol. The Morgan fingerprint density at radius 1 is 1.38 bits per heavy atom. The molecule has 1 aromatic carbocycles. The number of benzene rings is 1. The fourth-order valence-electron chi connectivity index (χ4n) is 1.30. The lowest BCUT2D eigenvalue weighted by atomic mass is 10.1. The standard InChI is InChI=1S/C10H10F2O/c1-6-2-7(3-8-5-13-8)10(12)4-9(6)11/h2,4,8H,3,5H2,1H3. The van der Waals surface area contributed by atoms with E-state index in [0.29, 0.717) is 24.2 Å². The van der Waals surface area contributed by atoms with Gasteiger partial charge in [-0.2, -0.15) is 0 Å². The Morgan fingerprint density at radius 3 is 2.69 bits per heavy atom. The third kappa shape index (κ3) is 1.86. The summed E-state index contributed by atoms with van der Waals surface area (Å²) in [5.74, 6) is -0.962. The Balaban J connectivity index is 2.27. The second-order valence-electron chi connectivity index (χ2n) is 3.35. The number of ether oxygens (including phenoxy) is 1. The Labute approximate surface area is 75.3 Å². The van der Waals surface area contributed by atoms with Crippen LogP contribution in [-0.2, 0) is 11.2 Å². The monoisotopic (exact) mass is 184 g/mol. The first-order valence-corrected chi connectivity index (χ1v) is 4.23. The van der Waals surface area contributed by atoms with Crippen molar-refractivity contribution in [2.45, 2.75) is 19.4 Å². The molecule has 70 valence electrons. The number of hydrogen-bond donors (Lipinski definition) is 0. The van der Waals surface area contributed by atoms with E-state index in [2.05, 4.69) is 0 Å². The highest BCUT2D eigenvalue weighted by Crippen LogP contribution is 2.20. The van der Waals surface area contributed by atoms with Gasteiger partial charge in [0, 0.05) is 12.5 Å². The average Bonchev–Trinajstić information content (AvgIpc) is 2.84. The van der Waals surface area contributed by atoms with E-state index in [4.69, 9.17) is 4.74 Å². The van der Waals surface area contributed by atoms with Crippen LogP contribution in [0.4, 0.5) is 8.78 Å². The van der Waals surface area contributed by atoms with Crippen molar-refractivity contribution in [1.82, 2.24) is 0 Å². The minimum absolute atomic E-state index is 0.138. The number of rotatable bonds is 2. The summed E-state index contributed by atoms with van der Waals surface area (Å²) >= 11 is 0. The van der Waals surface area contributed by atoms with Crippen LogP contribution in [-0.4, -0.2) is 12.7 Å². The molecule has 2 rings (SSSR count). The molecule has 1 aliphatic heterocycles. The van der Waals surface area contributed by atoms with Gasteiger partial charge in [-0.3, -0.25) is 0 Å². The van der Waals surface area contributed by atoms with Crippen molar-refractivity contribution in [3.63, 3.8) is 0 Å². The zero-order valence-corrected chi connectivity index (χ0v) is 7.31. The molecule has 13 heavy (non-hydrogen) atoms. The second kappa shape index (κ2) is 3.07. The molecule has 0 amide bonds. The molecule has 0 radical (unpaired) electrons. The lowest BCUT2D eigenvalue weighted by Crippen LogP contribution is -1.99. The first-order chi connectivity index (χ1) is 6.16. The van der Waals surface area contributed by atoms with Crippen LogP contribution in [0.25, 0.3) is 0 Å². The minimum atomic E-state index is -0.488. The predicted molar refractivity (Wildman–Crippen MR) is 44.5 cm³/mol. The Bertz CT molecular complexity index is 332. The number of halogens is 2. The van der Waals surface area contributed by atoms with E-state index in [1.54, 1.807) is 13.0 Å². The molecule has 1 aliphatic rings. The topological polar surface area (TPSA) is 12.5 Å². The highest BCUT2D eigenvalue weighted by atomic mass is 19.1. The summed E-state index contributed by atoms with van der Waals surface area (Å²) in [6, 6.07) is 2.49. The van der Waals surface area contributed by atoms with E-state index in [1.807, 2.05) is 0 Å². The summed E-state index contributed by atoms with van der Waals surface area (Å²) in [5.41, 5.74) is 1.03. The molecule has 0 saturated carbocycles. The molecule has 1 nitrogen and oxygen atoms in total. The molecule has 0 aromatic heterocycles. The van der Waals surface area contributed by atoms with Crippen LogP contribution in [0.3, 0.4) is 0 Å². The number of aryl methyl sites for hydroxylation is 1. The Kier molecular flexibility index (Phi) is 2.04. The van der Waals surface area contributed by atoms with E-state index < -0.39 is 11.6 Å². The molecule has 0 N–H and O–H groups in total. The maximum atomic E-state index is 13.1. The Morgan fingerprint density at radius 2 is 2.08 bits per heavy atom. The van der Waals surface area contributed by atoms with E-state index >= 15 is 0 Å². The quantitative estimate of drug-likeness (QED) is 0.642. The molecule has 1 aromatic rings. The van der Waals surface area contributed by atoms with Crippen molar-refractivity contribution in [3.8, 4) is 0 Å². The van der Waals surface area contributed by atoms with E-state index in [-0.39, 0.29) is 6.10 Å². The third-order valence-electron chi connectivity index (χ3n) is 2.18. The van der Waals surface area contributed by atoms with Crippen LogP contribution in [0.1, 0.15) is 11.1 Å². The first-order valence-electron chi connectivity index (χ1n) is 4.23. The SMILES string of the molecule is Cc1cc(CC2CO2)c(F)cc1F. The first kappa shape index (κ1) is 8.63. The van der Waals surface area contributed by atoms with Crippen molar-refractivity contribution in [3.05, 3.63) is 34.9 Å². The van der Waals surface area contributed by atoms with E-state index in [0.717, 1.165) is 6.07 Å². The van der Waals surface area contributed by atoms with Gasteiger partial charge in [-0.15, -0.1) is 0 Å². The summed E-state index contributed by atoms with van der Waals surface area (Å²) < 4.78 is 30.9. The summed E-state index contributed by atoms with van der Waals surface area (Å²) in [5, 5.41) is 0. The predicted octanol–water partition coefficient (Wildman–Crippen LogP) is 2.21. The summed E-state index contributed by atoms with van der Waals surface area (Å²) in [4.78, 5) is 0. The van der Waals surface area contributed by atoms with Crippen LogP contribution >= 0.6 is 0 Å². The molecular weight excluding hydrogens is 174 g/mol. The van der Waals surface area contributed by atoms with Crippen LogP contribution < -0.4 is 0 Å². The second-order valence-corrected chi connectivity index (χ2v) is 3.35. The smallest absolute Gasteiger partial charge is 0.129 e. The largest absolute Gasteiger partial charge is 0.373 e. The van der Waals surface area contributed by atoms with Gasteiger partial charge < -0.3 is 4.74 Å².